The summed E-state index contributed by atoms with van der Waals surface area (Å²) in [5.74, 6) is 0. The van der Waals surface area contributed by atoms with Crippen LogP contribution in [0.1, 0.15) is 51.4 Å². The van der Waals surface area contributed by atoms with Gasteiger partial charge in [-0.05, 0) is 54.4 Å². The molecule has 0 radical (unpaired) electrons. The Labute approximate surface area is 190 Å². The zero-order valence-corrected chi connectivity index (χ0v) is 19.1. The largest absolute Gasteiger partial charge is 0.338 e. The van der Waals surface area contributed by atoms with Crippen LogP contribution >= 0.6 is 0 Å². The first kappa shape index (κ1) is 23.5. The minimum atomic E-state index is -0.210. The first-order valence-corrected chi connectivity index (χ1v) is 11.1. The summed E-state index contributed by atoms with van der Waals surface area (Å²) in [7, 11) is 0. The first-order chi connectivity index (χ1) is 15.2. The highest BCUT2D eigenvalue weighted by Crippen LogP contribution is 2.45. The highest BCUT2D eigenvalue weighted by atomic mass is 16.2. The van der Waals surface area contributed by atoms with E-state index in [9.17, 15) is 9.59 Å². The van der Waals surface area contributed by atoms with Crippen LogP contribution in [0.5, 0.6) is 0 Å². The zero-order valence-electron chi connectivity index (χ0n) is 19.1. The van der Waals surface area contributed by atoms with E-state index in [1.165, 1.54) is 0 Å². The number of carbonyl (C=O) groups excluding carboxylic acids is 2. The normalized spacial score (nSPS) is 21.9. The minimum Gasteiger partial charge on any atom is -0.338 e. The number of nitrogens with zero attached hydrogens (tertiary/aromatic N) is 2. The van der Waals surface area contributed by atoms with Crippen LogP contribution in [-0.4, -0.2) is 34.6 Å². The van der Waals surface area contributed by atoms with Gasteiger partial charge in [-0.15, -0.1) is 0 Å². The summed E-state index contributed by atoms with van der Waals surface area (Å²) in [6.45, 7) is 7.91. The van der Waals surface area contributed by atoms with Gasteiger partial charge in [-0.3, -0.25) is 9.97 Å². The van der Waals surface area contributed by atoms with E-state index in [2.05, 4.69) is 52.0 Å². The first-order valence-electron chi connectivity index (χ1n) is 11.1. The molecule has 1 saturated carbocycles. The molecular weight excluding hydrogens is 404 g/mol. The molecule has 1 fully saturated rings. The van der Waals surface area contributed by atoms with Crippen LogP contribution in [0.4, 0.5) is 9.59 Å². The van der Waals surface area contributed by atoms with E-state index < -0.39 is 0 Å². The molecule has 2 atom stereocenters. The van der Waals surface area contributed by atoms with Gasteiger partial charge in [0, 0.05) is 25.0 Å². The Hall–Kier alpha value is -3.16. The number of nitrogens with one attached hydrogen (secondary N) is 4. The second-order valence-electron chi connectivity index (χ2n) is 9.76. The van der Waals surface area contributed by atoms with Crippen molar-refractivity contribution in [2.24, 2.45) is 10.8 Å². The van der Waals surface area contributed by atoms with E-state index in [4.69, 9.17) is 0 Å². The molecule has 4 N–H and O–H groups in total. The van der Waals surface area contributed by atoms with Crippen molar-refractivity contribution in [2.75, 3.05) is 6.54 Å². The predicted octanol–water partition coefficient (Wildman–Crippen LogP) is 3.36. The molecule has 2 aromatic rings. The lowest BCUT2D eigenvalue weighted by Gasteiger charge is -2.46. The van der Waals surface area contributed by atoms with E-state index in [0.29, 0.717) is 19.6 Å². The number of pyridine rings is 2. The van der Waals surface area contributed by atoms with E-state index in [-0.39, 0.29) is 28.9 Å². The van der Waals surface area contributed by atoms with Gasteiger partial charge in [0.15, 0.2) is 0 Å². The molecule has 3 rings (SSSR count). The van der Waals surface area contributed by atoms with Crippen molar-refractivity contribution in [3.8, 4) is 0 Å². The molecule has 8 nitrogen and oxygen atoms in total. The predicted molar refractivity (Wildman–Crippen MR) is 124 cm³/mol. The van der Waals surface area contributed by atoms with Crippen molar-refractivity contribution in [1.29, 1.82) is 0 Å². The third-order valence-corrected chi connectivity index (χ3v) is 5.77. The van der Waals surface area contributed by atoms with E-state index in [1.807, 2.05) is 36.4 Å². The fourth-order valence-corrected chi connectivity index (χ4v) is 4.81. The standard InChI is InChI=1S/C24H34N6O2/c1-23(2)12-20(30-22(32)28-15-19-9-5-7-11-26-19)13-24(3,16-23)17-29-21(31)27-14-18-8-4-6-10-25-18/h4-11,20H,12-17H2,1-3H3,(H2,27,29,31)(H2,28,30,32). The van der Waals surface area contributed by atoms with E-state index in [1.54, 1.807) is 12.4 Å². The highest BCUT2D eigenvalue weighted by Gasteiger charge is 2.41. The molecule has 4 amide bonds. The third kappa shape index (κ3) is 7.51. The summed E-state index contributed by atoms with van der Waals surface area (Å²) in [4.78, 5) is 33.2. The third-order valence-electron chi connectivity index (χ3n) is 5.77. The van der Waals surface area contributed by atoms with E-state index in [0.717, 1.165) is 30.7 Å². The Bertz CT molecular complexity index is 890. The molecule has 8 heteroatoms. The Morgan fingerprint density at radius 2 is 1.47 bits per heavy atom. The molecule has 0 aliphatic heterocycles. The number of amides is 4. The van der Waals surface area contributed by atoms with Gasteiger partial charge in [0.25, 0.3) is 0 Å². The highest BCUT2D eigenvalue weighted by molar-refractivity contribution is 5.74. The molecule has 32 heavy (non-hydrogen) atoms. The van der Waals surface area contributed by atoms with Gasteiger partial charge in [-0.25, -0.2) is 9.59 Å². The second-order valence-corrected chi connectivity index (χ2v) is 9.76. The fourth-order valence-electron chi connectivity index (χ4n) is 4.81. The van der Waals surface area contributed by atoms with Gasteiger partial charge < -0.3 is 21.3 Å². The van der Waals surface area contributed by atoms with Crippen molar-refractivity contribution >= 4 is 12.1 Å². The van der Waals surface area contributed by atoms with Gasteiger partial charge in [0.2, 0.25) is 0 Å². The van der Waals surface area contributed by atoms with Gasteiger partial charge in [-0.1, -0.05) is 32.9 Å². The second kappa shape index (κ2) is 10.4. The van der Waals surface area contributed by atoms with Crippen LogP contribution in [0.2, 0.25) is 0 Å². The summed E-state index contributed by atoms with van der Waals surface area (Å²) in [5, 5.41) is 11.9. The lowest BCUT2D eigenvalue weighted by atomic mass is 9.62. The number of hydrogen-bond acceptors (Lipinski definition) is 4. The van der Waals surface area contributed by atoms with Gasteiger partial charge in [0.05, 0.1) is 24.5 Å². The Kier molecular flexibility index (Phi) is 7.66. The van der Waals surface area contributed by atoms with Crippen molar-refractivity contribution in [1.82, 2.24) is 31.2 Å². The van der Waals surface area contributed by atoms with Gasteiger partial charge >= 0.3 is 12.1 Å². The van der Waals surface area contributed by atoms with Crippen LogP contribution in [-0.2, 0) is 13.1 Å². The van der Waals surface area contributed by atoms with Crippen LogP contribution in [0.25, 0.3) is 0 Å². The number of carbonyl (C=O) groups is 2. The zero-order chi connectivity index (χ0) is 23.0. The lowest BCUT2D eigenvalue weighted by molar-refractivity contribution is 0.0749. The molecule has 0 bridgehead atoms. The SMILES string of the molecule is CC1(C)CC(NC(=O)NCc2ccccn2)CC(C)(CNC(=O)NCc2ccccn2)C1. The van der Waals surface area contributed by atoms with Gasteiger partial charge in [0.1, 0.15) is 0 Å². The monoisotopic (exact) mass is 438 g/mol. The summed E-state index contributed by atoms with van der Waals surface area (Å²) in [5.41, 5.74) is 1.56. The average molecular weight is 439 g/mol. The average Bonchev–Trinajstić information content (AvgIpc) is 2.75. The molecule has 1 aliphatic rings. The lowest BCUT2D eigenvalue weighted by Crippen LogP contribution is -2.52. The molecule has 0 saturated heterocycles. The maximum atomic E-state index is 12.5. The Morgan fingerprint density at radius 1 is 0.875 bits per heavy atom. The van der Waals surface area contributed by atoms with Crippen molar-refractivity contribution in [3.05, 3.63) is 60.2 Å². The number of urea groups is 2. The molecule has 2 heterocycles. The molecule has 172 valence electrons. The van der Waals surface area contributed by atoms with Crippen LogP contribution in [0, 0.1) is 10.8 Å². The Balaban J connectivity index is 1.48. The quantitative estimate of drug-likeness (QED) is 0.532. The Morgan fingerprint density at radius 3 is 2.03 bits per heavy atom. The fraction of sp³-hybridized carbons (Fsp3) is 0.500. The number of hydrogen-bond donors (Lipinski definition) is 4. The molecule has 0 spiro atoms. The molecule has 1 aliphatic carbocycles. The molecular formula is C24H34N6O2. The van der Waals surface area contributed by atoms with Crippen LogP contribution in [0.15, 0.2) is 48.8 Å². The molecule has 2 unspecified atom stereocenters. The smallest absolute Gasteiger partial charge is 0.315 e. The van der Waals surface area contributed by atoms with Crippen molar-refractivity contribution in [3.63, 3.8) is 0 Å². The minimum absolute atomic E-state index is 0.0332. The maximum Gasteiger partial charge on any atom is 0.315 e. The summed E-state index contributed by atoms with van der Waals surface area (Å²) < 4.78 is 0. The van der Waals surface area contributed by atoms with Crippen LogP contribution < -0.4 is 21.3 Å². The van der Waals surface area contributed by atoms with Crippen LogP contribution in [0.3, 0.4) is 0 Å². The number of aromatic nitrogens is 2. The summed E-state index contributed by atoms with van der Waals surface area (Å²) in [6.07, 6.45) is 6.08. The number of rotatable bonds is 7. The molecule has 0 aromatic carbocycles. The van der Waals surface area contributed by atoms with Gasteiger partial charge in [-0.2, -0.15) is 0 Å². The molecule has 2 aromatic heterocycles. The van der Waals surface area contributed by atoms with E-state index >= 15 is 0 Å². The van der Waals surface area contributed by atoms with Crippen molar-refractivity contribution < 1.29 is 9.59 Å². The van der Waals surface area contributed by atoms with Crippen molar-refractivity contribution in [2.45, 2.75) is 59.2 Å². The summed E-state index contributed by atoms with van der Waals surface area (Å²) in [6, 6.07) is 10.9. The topological polar surface area (TPSA) is 108 Å². The maximum absolute atomic E-state index is 12.5. The summed E-state index contributed by atoms with van der Waals surface area (Å²) >= 11 is 0.